The minimum atomic E-state index is 0.334. The van der Waals surface area contributed by atoms with Crippen LogP contribution in [-0.2, 0) is 0 Å². The van der Waals surface area contributed by atoms with Crippen LogP contribution in [0.5, 0.6) is 0 Å². The monoisotopic (exact) mass is 316 g/mol. The lowest BCUT2D eigenvalue weighted by Crippen LogP contribution is -2.33. The zero-order chi connectivity index (χ0) is 10.7. The SMILES string of the molecule is NNC(c1ccccc1I)C1CCCC1. The number of hydrazine groups is 1. The summed E-state index contributed by atoms with van der Waals surface area (Å²) in [7, 11) is 0. The van der Waals surface area contributed by atoms with Gasteiger partial charge in [0.05, 0.1) is 0 Å². The van der Waals surface area contributed by atoms with Gasteiger partial charge in [-0.05, 0) is 53.0 Å². The highest BCUT2D eigenvalue weighted by Crippen LogP contribution is 2.36. The highest BCUT2D eigenvalue weighted by atomic mass is 127. The lowest BCUT2D eigenvalue weighted by Gasteiger charge is -2.24. The Labute approximate surface area is 105 Å². The van der Waals surface area contributed by atoms with E-state index in [1.807, 2.05) is 0 Å². The fourth-order valence-corrected chi connectivity index (χ4v) is 3.22. The quantitative estimate of drug-likeness (QED) is 0.511. The average Bonchev–Trinajstić information content (AvgIpc) is 2.75. The van der Waals surface area contributed by atoms with Crippen LogP contribution in [0.2, 0.25) is 0 Å². The van der Waals surface area contributed by atoms with Crippen LogP contribution in [0.15, 0.2) is 24.3 Å². The summed E-state index contributed by atoms with van der Waals surface area (Å²) < 4.78 is 1.31. The van der Waals surface area contributed by atoms with Crippen molar-refractivity contribution >= 4 is 22.6 Å². The average molecular weight is 316 g/mol. The first kappa shape index (κ1) is 11.4. The molecule has 1 aliphatic carbocycles. The number of hydrogen-bond donors (Lipinski definition) is 2. The molecule has 1 aromatic carbocycles. The number of hydrogen-bond acceptors (Lipinski definition) is 2. The molecule has 0 spiro atoms. The summed E-state index contributed by atoms with van der Waals surface area (Å²) in [6.07, 6.45) is 5.32. The third-order valence-corrected chi connectivity index (χ3v) is 4.27. The molecule has 1 atom stereocenters. The summed E-state index contributed by atoms with van der Waals surface area (Å²) in [4.78, 5) is 0. The van der Waals surface area contributed by atoms with Gasteiger partial charge in [-0.1, -0.05) is 31.0 Å². The number of nitrogens with two attached hydrogens (primary N) is 1. The van der Waals surface area contributed by atoms with Crippen molar-refractivity contribution in [2.75, 3.05) is 0 Å². The molecule has 2 nitrogen and oxygen atoms in total. The van der Waals surface area contributed by atoms with E-state index in [0.29, 0.717) is 12.0 Å². The van der Waals surface area contributed by atoms with Crippen LogP contribution >= 0.6 is 22.6 Å². The van der Waals surface area contributed by atoms with E-state index in [-0.39, 0.29) is 0 Å². The van der Waals surface area contributed by atoms with E-state index in [4.69, 9.17) is 5.84 Å². The fraction of sp³-hybridized carbons (Fsp3) is 0.500. The van der Waals surface area contributed by atoms with Gasteiger partial charge < -0.3 is 0 Å². The summed E-state index contributed by atoms with van der Waals surface area (Å²) in [5.41, 5.74) is 4.35. The van der Waals surface area contributed by atoms with E-state index >= 15 is 0 Å². The Balaban J connectivity index is 2.22. The zero-order valence-corrected chi connectivity index (χ0v) is 10.9. The van der Waals surface area contributed by atoms with Gasteiger partial charge in [-0.15, -0.1) is 0 Å². The molecule has 1 fully saturated rings. The molecule has 3 N–H and O–H groups in total. The minimum absolute atomic E-state index is 0.334. The van der Waals surface area contributed by atoms with Crippen LogP contribution in [0.25, 0.3) is 0 Å². The lowest BCUT2D eigenvalue weighted by molar-refractivity contribution is 0.372. The molecule has 15 heavy (non-hydrogen) atoms. The molecule has 0 aliphatic heterocycles. The van der Waals surface area contributed by atoms with Gasteiger partial charge in [-0.25, -0.2) is 0 Å². The van der Waals surface area contributed by atoms with Crippen molar-refractivity contribution in [1.82, 2.24) is 5.43 Å². The second kappa shape index (κ2) is 5.27. The van der Waals surface area contributed by atoms with E-state index in [0.717, 1.165) is 0 Å². The topological polar surface area (TPSA) is 38.0 Å². The Morgan fingerprint density at radius 3 is 2.53 bits per heavy atom. The maximum Gasteiger partial charge on any atom is 0.0498 e. The second-order valence-corrected chi connectivity index (χ2v) is 5.37. The Bertz CT molecular complexity index is 321. The fourth-order valence-electron chi connectivity index (χ4n) is 2.50. The summed E-state index contributed by atoms with van der Waals surface area (Å²) in [5, 5.41) is 0. The summed E-state index contributed by atoms with van der Waals surface area (Å²) >= 11 is 2.39. The van der Waals surface area contributed by atoms with E-state index in [1.54, 1.807) is 0 Å². The number of benzene rings is 1. The van der Waals surface area contributed by atoms with E-state index in [9.17, 15) is 0 Å². The first-order chi connectivity index (χ1) is 7.33. The van der Waals surface area contributed by atoms with Gasteiger partial charge in [0, 0.05) is 9.61 Å². The standard InChI is InChI=1S/C12H17IN2/c13-11-8-4-3-7-10(11)12(15-14)9-5-1-2-6-9/h3-4,7-9,12,15H,1-2,5-6,14H2. The maximum atomic E-state index is 5.70. The van der Waals surface area contributed by atoms with Crippen molar-refractivity contribution < 1.29 is 0 Å². The van der Waals surface area contributed by atoms with E-state index < -0.39 is 0 Å². The molecule has 82 valence electrons. The lowest BCUT2D eigenvalue weighted by atomic mass is 9.92. The third kappa shape index (κ3) is 2.52. The molecule has 0 heterocycles. The van der Waals surface area contributed by atoms with Crippen molar-refractivity contribution in [2.24, 2.45) is 11.8 Å². The van der Waals surface area contributed by atoms with Gasteiger partial charge >= 0.3 is 0 Å². The first-order valence-electron chi connectivity index (χ1n) is 5.53. The summed E-state index contributed by atoms with van der Waals surface area (Å²) in [5.74, 6) is 6.41. The molecule has 0 bridgehead atoms. The van der Waals surface area contributed by atoms with Crippen molar-refractivity contribution in [2.45, 2.75) is 31.7 Å². The predicted molar refractivity (Wildman–Crippen MR) is 71.2 cm³/mol. The number of nitrogens with one attached hydrogen (secondary N) is 1. The molecular formula is C12H17IN2. The van der Waals surface area contributed by atoms with Gasteiger partial charge in [0.1, 0.15) is 0 Å². The summed E-state index contributed by atoms with van der Waals surface area (Å²) in [6.45, 7) is 0. The molecule has 0 amide bonds. The molecule has 1 saturated carbocycles. The predicted octanol–water partition coefficient (Wildman–Crippen LogP) is 2.99. The van der Waals surface area contributed by atoms with Crippen LogP contribution in [0, 0.1) is 9.49 Å². The molecule has 0 aromatic heterocycles. The normalized spacial score (nSPS) is 19.3. The van der Waals surface area contributed by atoms with Crippen LogP contribution in [0.3, 0.4) is 0 Å². The molecule has 1 aliphatic rings. The van der Waals surface area contributed by atoms with Crippen LogP contribution in [0.1, 0.15) is 37.3 Å². The van der Waals surface area contributed by atoms with Gasteiger partial charge in [0.2, 0.25) is 0 Å². The summed E-state index contributed by atoms with van der Waals surface area (Å²) in [6, 6.07) is 8.84. The molecule has 3 heteroatoms. The van der Waals surface area contributed by atoms with Crippen LogP contribution in [-0.4, -0.2) is 0 Å². The van der Waals surface area contributed by atoms with Gasteiger partial charge in [-0.2, -0.15) is 0 Å². The molecule has 0 saturated heterocycles. The molecule has 1 unspecified atom stereocenters. The minimum Gasteiger partial charge on any atom is -0.271 e. The Morgan fingerprint density at radius 2 is 1.93 bits per heavy atom. The maximum absolute atomic E-state index is 5.70. The largest absolute Gasteiger partial charge is 0.271 e. The van der Waals surface area contributed by atoms with Gasteiger partial charge in [0.25, 0.3) is 0 Å². The van der Waals surface area contributed by atoms with E-state index in [2.05, 4.69) is 52.3 Å². The first-order valence-corrected chi connectivity index (χ1v) is 6.61. The van der Waals surface area contributed by atoms with Crippen molar-refractivity contribution in [3.8, 4) is 0 Å². The molecule has 0 radical (unpaired) electrons. The third-order valence-electron chi connectivity index (χ3n) is 3.29. The van der Waals surface area contributed by atoms with Crippen LogP contribution in [0.4, 0.5) is 0 Å². The van der Waals surface area contributed by atoms with E-state index in [1.165, 1.54) is 34.8 Å². The molecular weight excluding hydrogens is 299 g/mol. The van der Waals surface area contributed by atoms with Crippen molar-refractivity contribution in [1.29, 1.82) is 0 Å². The highest BCUT2D eigenvalue weighted by Gasteiger charge is 2.26. The Kier molecular flexibility index (Phi) is 3.99. The smallest absolute Gasteiger partial charge is 0.0498 e. The number of rotatable bonds is 3. The van der Waals surface area contributed by atoms with Crippen molar-refractivity contribution in [3.63, 3.8) is 0 Å². The van der Waals surface area contributed by atoms with Gasteiger partial charge in [-0.3, -0.25) is 11.3 Å². The van der Waals surface area contributed by atoms with Gasteiger partial charge in [0.15, 0.2) is 0 Å². The second-order valence-electron chi connectivity index (χ2n) is 4.21. The zero-order valence-electron chi connectivity index (χ0n) is 8.75. The highest BCUT2D eigenvalue weighted by molar-refractivity contribution is 14.1. The molecule has 1 aromatic rings. The van der Waals surface area contributed by atoms with Crippen molar-refractivity contribution in [3.05, 3.63) is 33.4 Å². The number of halogens is 1. The Hall–Kier alpha value is -0.130. The Morgan fingerprint density at radius 1 is 1.27 bits per heavy atom. The van der Waals surface area contributed by atoms with Crippen LogP contribution < -0.4 is 11.3 Å². The molecule has 2 rings (SSSR count).